The highest BCUT2D eigenvalue weighted by atomic mass is 79.9. The normalized spacial score (nSPS) is 14.6. The predicted octanol–water partition coefficient (Wildman–Crippen LogP) is 4.39. The summed E-state index contributed by atoms with van der Waals surface area (Å²) in [7, 11) is 0. The molecule has 0 N–H and O–H groups in total. The molecule has 0 aliphatic rings. The number of Topliss-reactive ketones (excluding diaryl/α,β-unsaturated/α-hetero) is 1. The molecule has 0 bridgehead atoms. The van der Waals surface area contributed by atoms with Crippen molar-refractivity contribution in [1.29, 1.82) is 0 Å². The molecule has 1 rings (SSSR count). The molecule has 21 heavy (non-hydrogen) atoms. The molecule has 4 heteroatoms. The molecule has 0 spiro atoms. The first-order valence-corrected chi connectivity index (χ1v) is 7.88. The fourth-order valence-corrected chi connectivity index (χ4v) is 2.97. The van der Waals surface area contributed by atoms with Crippen molar-refractivity contribution < 1.29 is 14.3 Å². The van der Waals surface area contributed by atoms with Gasteiger partial charge in [0.25, 0.3) is 0 Å². The number of rotatable bonds is 5. The van der Waals surface area contributed by atoms with Crippen LogP contribution < -0.4 is 0 Å². The number of hydrogen-bond donors (Lipinski definition) is 0. The Balaban J connectivity index is 3.15. The lowest BCUT2D eigenvalue weighted by molar-refractivity contribution is -0.156. The van der Waals surface area contributed by atoms with Gasteiger partial charge in [0, 0.05) is 5.56 Å². The first kappa shape index (κ1) is 17.9. The number of carbonyl (C=O) groups is 2. The van der Waals surface area contributed by atoms with E-state index in [2.05, 4.69) is 15.9 Å². The second-order valence-corrected chi connectivity index (χ2v) is 7.95. The van der Waals surface area contributed by atoms with E-state index in [9.17, 15) is 9.59 Å². The monoisotopic (exact) mass is 354 g/mol. The second-order valence-electron chi connectivity index (χ2n) is 6.60. The van der Waals surface area contributed by atoms with Gasteiger partial charge in [-0.2, -0.15) is 0 Å². The van der Waals surface area contributed by atoms with Crippen molar-refractivity contribution in [2.75, 3.05) is 0 Å². The minimum Gasteiger partial charge on any atom is -0.459 e. The van der Waals surface area contributed by atoms with Gasteiger partial charge in [-0.3, -0.25) is 9.59 Å². The van der Waals surface area contributed by atoms with E-state index in [1.54, 1.807) is 45.0 Å². The highest BCUT2D eigenvalue weighted by molar-refractivity contribution is 9.10. The van der Waals surface area contributed by atoms with E-state index in [0.29, 0.717) is 12.0 Å². The third-order valence-corrected chi connectivity index (χ3v) is 3.82. The van der Waals surface area contributed by atoms with Crippen LogP contribution in [0.2, 0.25) is 0 Å². The van der Waals surface area contributed by atoms with Gasteiger partial charge in [-0.25, -0.2) is 0 Å². The molecule has 3 nitrogen and oxygen atoms in total. The lowest BCUT2D eigenvalue weighted by Crippen LogP contribution is -2.46. The number of ether oxygens (including phenoxy) is 1. The Kier molecular flexibility index (Phi) is 5.74. The van der Waals surface area contributed by atoms with E-state index in [1.807, 2.05) is 19.9 Å². The number of alkyl halides is 1. The van der Waals surface area contributed by atoms with Crippen LogP contribution in [0.25, 0.3) is 0 Å². The van der Waals surface area contributed by atoms with Crippen molar-refractivity contribution in [2.24, 2.45) is 5.92 Å². The van der Waals surface area contributed by atoms with E-state index in [1.165, 1.54) is 0 Å². The van der Waals surface area contributed by atoms with Crippen LogP contribution in [0.1, 0.15) is 51.4 Å². The third-order valence-electron chi connectivity index (χ3n) is 2.81. The Morgan fingerprint density at radius 3 is 2.10 bits per heavy atom. The quantitative estimate of drug-likeness (QED) is 0.341. The summed E-state index contributed by atoms with van der Waals surface area (Å²) in [4.78, 5) is 25.3. The molecule has 0 saturated heterocycles. The first-order valence-electron chi connectivity index (χ1n) is 7.08. The molecule has 0 amide bonds. The lowest BCUT2D eigenvalue weighted by Gasteiger charge is -2.30. The summed E-state index contributed by atoms with van der Waals surface area (Å²) in [6.45, 7) is 9.32. The fourth-order valence-electron chi connectivity index (χ4n) is 2.01. The molecule has 116 valence electrons. The summed E-state index contributed by atoms with van der Waals surface area (Å²) in [5, 5.41) is 0. The van der Waals surface area contributed by atoms with Crippen LogP contribution >= 0.6 is 15.9 Å². The van der Waals surface area contributed by atoms with Gasteiger partial charge in [-0.05, 0) is 33.1 Å². The fraction of sp³-hybridized carbons (Fsp3) is 0.529. The maximum atomic E-state index is 12.8. The molecule has 1 aromatic rings. The lowest BCUT2D eigenvalue weighted by atomic mass is 9.89. The summed E-state index contributed by atoms with van der Waals surface area (Å²) in [5.41, 5.74) is -0.134. The maximum absolute atomic E-state index is 12.8. The minimum absolute atomic E-state index is 0.171. The Hall–Kier alpha value is -1.16. The molecule has 0 saturated carbocycles. The van der Waals surface area contributed by atoms with E-state index < -0.39 is 15.9 Å². The van der Waals surface area contributed by atoms with E-state index >= 15 is 0 Å². The SMILES string of the molecule is CC(C)CC(Br)(C(=O)OC(C)(C)C)C(=O)c1ccccc1. The van der Waals surface area contributed by atoms with E-state index in [-0.39, 0.29) is 11.7 Å². The van der Waals surface area contributed by atoms with Crippen LogP contribution in [0, 0.1) is 5.92 Å². The topological polar surface area (TPSA) is 43.4 Å². The van der Waals surface area contributed by atoms with Gasteiger partial charge in [0.15, 0.2) is 10.1 Å². The van der Waals surface area contributed by atoms with Crippen LogP contribution in [0.5, 0.6) is 0 Å². The van der Waals surface area contributed by atoms with Gasteiger partial charge in [0.2, 0.25) is 0 Å². The number of hydrogen-bond acceptors (Lipinski definition) is 3. The third kappa shape index (κ3) is 4.95. The van der Waals surface area contributed by atoms with Crippen LogP contribution in [0.15, 0.2) is 30.3 Å². The van der Waals surface area contributed by atoms with Gasteiger partial charge in [-0.1, -0.05) is 60.1 Å². The Bertz CT molecular complexity index is 503. The van der Waals surface area contributed by atoms with Crippen LogP contribution in [-0.2, 0) is 9.53 Å². The summed E-state index contributed by atoms with van der Waals surface area (Å²) in [5.74, 6) is -0.617. The standard InChI is InChI=1S/C17H23BrO3/c1-12(2)11-17(18,15(20)21-16(3,4)5)14(19)13-9-7-6-8-10-13/h6-10,12H,11H2,1-5H3. The van der Waals surface area contributed by atoms with Gasteiger partial charge in [0.1, 0.15) is 5.60 Å². The van der Waals surface area contributed by atoms with E-state index in [4.69, 9.17) is 4.74 Å². The Labute approximate surface area is 135 Å². The Morgan fingerprint density at radius 2 is 1.67 bits per heavy atom. The van der Waals surface area contributed by atoms with Gasteiger partial charge >= 0.3 is 5.97 Å². The van der Waals surface area contributed by atoms with Crippen molar-refractivity contribution in [3.63, 3.8) is 0 Å². The molecule has 0 heterocycles. The van der Waals surface area contributed by atoms with Gasteiger partial charge in [0.05, 0.1) is 0 Å². The summed E-state index contributed by atoms with van der Waals surface area (Å²) in [6.07, 6.45) is 0.385. The number of ketones is 1. The highest BCUT2D eigenvalue weighted by Crippen LogP contribution is 2.33. The number of halogens is 1. The molecular formula is C17H23BrO3. The Morgan fingerprint density at radius 1 is 1.14 bits per heavy atom. The van der Waals surface area contributed by atoms with Crippen molar-refractivity contribution in [2.45, 2.75) is 51.0 Å². The van der Waals surface area contributed by atoms with Gasteiger partial charge in [-0.15, -0.1) is 0 Å². The molecule has 0 radical (unpaired) electrons. The van der Waals surface area contributed by atoms with Gasteiger partial charge < -0.3 is 4.74 Å². The second kappa shape index (κ2) is 6.73. The van der Waals surface area contributed by atoms with Crippen molar-refractivity contribution >= 4 is 27.7 Å². The zero-order chi connectivity index (χ0) is 16.3. The molecule has 1 unspecified atom stereocenters. The average Bonchev–Trinajstić information content (AvgIpc) is 2.36. The molecule has 0 aliphatic heterocycles. The smallest absolute Gasteiger partial charge is 0.331 e. The highest BCUT2D eigenvalue weighted by Gasteiger charge is 2.46. The molecule has 0 aromatic heterocycles. The van der Waals surface area contributed by atoms with Crippen molar-refractivity contribution in [3.05, 3.63) is 35.9 Å². The number of esters is 1. The molecule has 0 aliphatic carbocycles. The molecule has 1 aromatic carbocycles. The van der Waals surface area contributed by atoms with Crippen LogP contribution in [0.4, 0.5) is 0 Å². The predicted molar refractivity (Wildman–Crippen MR) is 87.7 cm³/mol. The van der Waals surface area contributed by atoms with Crippen molar-refractivity contribution in [3.8, 4) is 0 Å². The van der Waals surface area contributed by atoms with E-state index in [0.717, 1.165) is 0 Å². The number of carbonyl (C=O) groups excluding carboxylic acids is 2. The van der Waals surface area contributed by atoms with Crippen LogP contribution in [-0.4, -0.2) is 21.7 Å². The molecular weight excluding hydrogens is 332 g/mol. The molecule has 0 fully saturated rings. The minimum atomic E-state index is -1.34. The largest absolute Gasteiger partial charge is 0.459 e. The maximum Gasteiger partial charge on any atom is 0.331 e. The summed E-state index contributed by atoms with van der Waals surface area (Å²) in [6, 6.07) is 8.82. The first-order chi connectivity index (χ1) is 9.56. The zero-order valence-corrected chi connectivity index (χ0v) is 14.9. The summed E-state index contributed by atoms with van der Waals surface area (Å²) < 4.78 is 4.10. The number of benzene rings is 1. The van der Waals surface area contributed by atoms with Crippen LogP contribution in [0.3, 0.4) is 0 Å². The van der Waals surface area contributed by atoms with Crippen molar-refractivity contribution in [1.82, 2.24) is 0 Å². The summed E-state index contributed by atoms with van der Waals surface area (Å²) >= 11 is 3.38. The molecule has 1 atom stereocenters. The average molecular weight is 355 g/mol. The zero-order valence-electron chi connectivity index (χ0n) is 13.3.